The maximum Gasteiger partial charge on any atom is 0.416 e. The second-order valence-electron chi connectivity index (χ2n) is 9.31. The smallest absolute Gasteiger partial charge is 0.416 e. The van der Waals surface area contributed by atoms with Crippen LogP contribution in [0.3, 0.4) is 0 Å². The Bertz CT molecular complexity index is 1880. The minimum Gasteiger partial charge on any atom is -0.493 e. The van der Waals surface area contributed by atoms with Gasteiger partial charge in [0.2, 0.25) is 5.88 Å². The lowest BCUT2D eigenvalue weighted by Crippen LogP contribution is -2.23. The molecule has 0 radical (unpaired) electrons. The Labute approximate surface area is 218 Å². The molecule has 0 atom stereocenters. The van der Waals surface area contributed by atoms with E-state index in [9.17, 15) is 23.1 Å². The van der Waals surface area contributed by atoms with Crippen LogP contribution in [0.4, 0.5) is 24.7 Å². The first-order valence-corrected chi connectivity index (χ1v) is 12.1. The number of aromatic amines is 2. The van der Waals surface area contributed by atoms with Crippen LogP contribution in [0.5, 0.6) is 5.88 Å². The predicted octanol–water partition coefficient (Wildman–Crippen LogP) is 3.52. The number of halogens is 3. The standard InChI is InChI=1S/C27H22F3N7O2/c1-36(21-8-3-2-7-19(21)15-5-4-6-17(11-15)27(28,29)30)22-13-23(32-18-9-10-18)37-24(34-22)16(14-31-37)12-20-25(38)35-26(39)33-20/h2-8,11-14,18,38H,9-10H2,1H3,(H2,33,35,39). The number of benzene rings is 2. The van der Waals surface area contributed by atoms with E-state index >= 15 is 0 Å². The third kappa shape index (κ3) is 4.76. The van der Waals surface area contributed by atoms with E-state index in [1.54, 1.807) is 59.1 Å². The lowest BCUT2D eigenvalue weighted by Gasteiger charge is -2.22. The van der Waals surface area contributed by atoms with Crippen LogP contribution in [0.2, 0.25) is 0 Å². The number of fused-ring (bicyclic) bond motifs is 1. The van der Waals surface area contributed by atoms with Crippen molar-refractivity contribution in [1.29, 1.82) is 0 Å². The number of nitrogens with zero attached hydrogens (tertiary/aromatic N) is 5. The summed E-state index contributed by atoms with van der Waals surface area (Å²) in [6, 6.07) is 14.3. The first kappa shape index (κ1) is 24.5. The van der Waals surface area contributed by atoms with Gasteiger partial charge in [-0.25, -0.2) is 9.78 Å². The van der Waals surface area contributed by atoms with E-state index in [1.165, 1.54) is 6.07 Å². The molecule has 0 saturated heterocycles. The van der Waals surface area contributed by atoms with Crippen LogP contribution < -0.4 is 21.3 Å². The molecule has 1 aliphatic carbocycles. The van der Waals surface area contributed by atoms with Crippen LogP contribution in [0.25, 0.3) is 22.9 Å². The van der Waals surface area contributed by atoms with Crippen molar-refractivity contribution in [2.45, 2.75) is 25.1 Å². The first-order chi connectivity index (χ1) is 18.7. The van der Waals surface area contributed by atoms with Gasteiger partial charge in [-0.1, -0.05) is 30.3 Å². The Kier molecular flexibility index (Phi) is 5.74. The lowest BCUT2D eigenvalue weighted by atomic mass is 10.0. The second kappa shape index (κ2) is 9.15. The minimum absolute atomic E-state index is 0.172. The van der Waals surface area contributed by atoms with Gasteiger partial charge < -0.3 is 15.0 Å². The van der Waals surface area contributed by atoms with Gasteiger partial charge >= 0.3 is 11.9 Å². The quantitative estimate of drug-likeness (QED) is 0.320. The normalized spacial score (nSPS) is 14.9. The summed E-state index contributed by atoms with van der Waals surface area (Å²) in [5, 5.41) is 15.0. The third-order valence-electron chi connectivity index (χ3n) is 6.47. The maximum atomic E-state index is 13.4. The molecule has 9 nitrogen and oxygen atoms in total. The summed E-state index contributed by atoms with van der Waals surface area (Å²) in [4.78, 5) is 27.7. The van der Waals surface area contributed by atoms with Gasteiger partial charge in [-0.2, -0.15) is 22.8 Å². The Morgan fingerprint density at radius 1 is 1.13 bits per heavy atom. The highest BCUT2D eigenvalue weighted by Gasteiger charge is 2.30. The van der Waals surface area contributed by atoms with Crippen LogP contribution in [0, 0.1) is 0 Å². The molecule has 1 saturated carbocycles. The summed E-state index contributed by atoms with van der Waals surface area (Å²) >= 11 is 0. The van der Waals surface area contributed by atoms with Crippen molar-refractivity contribution in [3.8, 4) is 17.0 Å². The molecule has 3 heterocycles. The fourth-order valence-corrected chi connectivity index (χ4v) is 4.35. The van der Waals surface area contributed by atoms with Gasteiger partial charge in [0, 0.05) is 29.6 Å². The van der Waals surface area contributed by atoms with Crippen molar-refractivity contribution in [2.75, 3.05) is 11.9 Å². The van der Waals surface area contributed by atoms with Gasteiger partial charge in [-0.05, 0) is 42.7 Å². The van der Waals surface area contributed by atoms with Crippen molar-refractivity contribution >= 4 is 23.2 Å². The number of rotatable bonds is 5. The van der Waals surface area contributed by atoms with Gasteiger partial charge in [0.1, 0.15) is 11.5 Å². The molecule has 0 amide bonds. The molecule has 1 fully saturated rings. The van der Waals surface area contributed by atoms with Crippen LogP contribution >= 0.6 is 0 Å². The highest BCUT2D eigenvalue weighted by Crippen LogP contribution is 2.37. The van der Waals surface area contributed by atoms with Crippen LogP contribution in [0.15, 0.2) is 70.6 Å². The van der Waals surface area contributed by atoms with Gasteiger partial charge in [0.05, 0.1) is 17.8 Å². The summed E-state index contributed by atoms with van der Waals surface area (Å²) in [5.41, 5.74) is 1.54. The van der Waals surface area contributed by atoms with Crippen molar-refractivity contribution in [3.05, 3.63) is 93.2 Å². The topological polar surface area (TPSA) is 115 Å². The highest BCUT2D eigenvalue weighted by molar-refractivity contribution is 5.82. The van der Waals surface area contributed by atoms with E-state index in [4.69, 9.17) is 9.98 Å². The molecule has 0 aliphatic heterocycles. The number of aromatic nitrogens is 5. The van der Waals surface area contributed by atoms with Crippen LogP contribution in [-0.4, -0.2) is 42.8 Å². The fraction of sp³-hybridized carbons (Fsp3) is 0.185. The number of para-hydroxylation sites is 1. The molecule has 1 aliphatic rings. The number of nitrogens with one attached hydrogen (secondary N) is 2. The van der Waals surface area contributed by atoms with Gasteiger partial charge in [0.25, 0.3) is 0 Å². The van der Waals surface area contributed by atoms with E-state index in [2.05, 4.69) is 15.1 Å². The maximum absolute atomic E-state index is 13.4. The van der Waals surface area contributed by atoms with Crippen molar-refractivity contribution < 1.29 is 18.3 Å². The van der Waals surface area contributed by atoms with E-state index in [-0.39, 0.29) is 17.6 Å². The summed E-state index contributed by atoms with van der Waals surface area (Å²) in [6.07, 6.45) is 0.567. The van der Waals surface area contributed by atoms with E-state index in [1.807, 2.05) is 6.07 Å². The van der Waals surface area contributed by atoms with Crippen LogP contribution in [0.1, 0.15) is 24.1 Å². The second-order valence-corrected chi connectivity index (χ2v) is 9.31. The lowest BCUT2D eigenvalue weighted by molar-refractivity contribution is -0.137. The molecule has 6 rings (SSSR count). The molecule has 198 valence electrons. The number of anilines is 2. The van der Waals surface area contributed by atoms with E-state index in [0.29, 0.717) is 39.0 Å². The van der Waals surface area contributed by atoms with Crippen molar-refractivity contribution in [1.82, 2.24) is 24.6 Å². The molecule has 3 N–H and O–H groups in total. The Balaban J connectivity index is 1.51. The number of imidazole rings is 1. The zero-order chi connectivity index (χ0) is 27.3. The average molecular weight is 534 g/mol. The number of alkyl halides is 3. The molecule has 3 aromatic heterocycles. The molecule has 12 heteroatoms. The molecular formula is C27H22F3N7O2. The molecule has 39 heavy (non-hydrogen) atoms. The molecule has 2 aromatic carbocycles. The largest absolute Gasteiger partial charge is 0.493 e. The third-order valence-corrected chi connectivity index (χ3v) is 6.47. The molecular weight excluding hydrogens is 511 g/mol. The molecule has 0 spiro atoms. The Hall–Kier alpha value is -4.87. The SMILES string of the molecule is CN(c1cc(=NC2CC2)n2ncc(=Cc3[nH]c(=O)[nH]c3O)c2n1)c1ccccc1-c1cccc(C(F)(F)F)c1. The first-order valence-electron chi connectivity index (χ1n) is 12.1. The fourth-order valence-electron chi connectivity index (χ4n) is 4.35. The van der Waals surface area contributed by atoms with Crippen LogP contribution in [-0.2, 0) is 6.18 Å². The summed E-state index contributed by atoms with van der Waals surface area (Å²) in [7, 11) is 1.78. The van der Waals surface area contributed by atoms with Gasteiger partial charge in [-0.15, -0.1) is 0 Å². The predicted molar refractivity (Wildman–Crippen MR) is 138 cm³/mol. The van der Waals surface area contributed by atoms with Crippen molar-refractivity contribution in [3.63, 3.8) is 0 Å². The average Bonchev–Trinajstić information content (AvgIpc) is 3.55. The monoisotopic (exact) mass is 533 g/mol. The molecule has 0 bridgehead atoms. The molecule has 0 unspecified atom stereocenters. The summed E-state index contributed by atoms with van der Waals surface area (Å²) in [5.74, 6) is 0.175. The highest BCUT2D eigenvalue weighted by atomic mass is 19.4. The number of hydrogen-bond acceptors (Lipinski definition) is 6. The summed E-state index contributed by atoms with van der Waals surface area (Å²) in [6.45, 7) is 0. The van der Waals surface area contributed by atoms with E-state index in [0.717, 1.165) is 25.0 Å². The van der Waals surface area contributed by atoms with E-state index < -0.39 is 17.4 Å². The summed E-state index contributed by atoms with van der Waals surface area (Å²) < 4.78 is 41.8. The number of aromatic hydroxyl groups is 1. The minimum atomic E-state index is -4.46. The van der Waals surface area contributed by atoms with Gasteiger partial charge in [-0.3, -0.25) is 9.98 Å². The zero-order valence-electron chi connectivity index (χ0n) is 20.6. The van der Waals surface area contributed by atoms with Gasteiger partial charge in [0.15, 0.2) is 11.1 Å². The zero-order valence-corrected chi connectivity index (χ0v) is 20.6. The molecule has 5 aromatic rings. The number of H-pyrrole nitrogens is 2. The number of hydrogen-bond donors (Lipinski definition) is 3. The Morgan fingerprint density at radius 2 is 1.92 bits per heavy atom. The Morgan fingerprint density at radius 3 is 2.64 bits per heavy atom. The van der Waals surface area contributed by atoms with Crippen molar-refractivity contribution in [2.24, 2.45) is 4.99 Å².